The topological polar surface area (TPSA) is 82.5 Å². The van der Waals surface area contributed by atoms with Crippen molar-refractivity contribution in [1.29, 1.82) is 0 Å². The van der Waals surface area contributed by atoms with Crippen molar-refractivity contribution < 1.29 is 23.5 Å². The van der Waals surface area contributed by atoms with Crippen LogP contribution in [0.25, 0.3) is 5.69 Å². The zero-order valence-corrected chi connectivity index (χ0v) is 15.8. The molecule has 0 unspecified atom stereocenters. The predicted molar refractivity (Wildman–Crippen MR) is 104 cm³/mol. The number of anilines is 1. The zero-order chi connectivity index (χ0) is 20.6. The second-order valence-electron chi connectivity index (χ2n) is 6.18. The maximum Gasteiger partial charge on any atom is 0.309 e. The fraction of sp³-hybridized carbons (Fsp3) is 0.190. The van der Waals surface area contributed by atoms with Gasteiger partial charge in [-0.1, -0.05) is 18.2 Å². The molecule has 7 nitrogen and oxygen atoms in total. The van der Waals surface area contributed by atoms with Crippen molar-refractivity contribution in [3.63, 3.8) is 0 Å². The van der Waals surface area contributed by atoms with Crippen molar-refractivity contribution in [2.45, 2.75) is 13.3 Å². The van der Waals surface area contributed by atoms with E-state index in [-0.39, 0.29) is 18.8 Å². The van der Waals surface area contributed by atoms with E-state index in [1.54, 1.807) is 37.3 Å². The number of nitrogens with one attached hydrogen (secondary N) is 1. The van der Waals surface area contributed by atoms with Crippen LogP contribution in [0, 0.1) is 12.7 Å². The lowest BCUT2D eigenvalue weighted by molar-refractivity contribution is -0.147. The molecule has 0 aliphatic carbocycles. The molecular formula is C21H20FN3O4. The summed E-state index contributed by atoms with van der Waals surface area (Å²) < 4.78 is 25.0. The van der Waals surface area contributed by atoms with Crippen LogP contribution in [0.1, 0.15) is 12.1 Å². The van der Waals surface area contributed by atoms with Crippen LogP contribution in [0.4, 0.5) is 10.2 Å². The number of esters is 1. The van der Waals surface area contributed by atoms with Gasteiger partial charge >= 0.3 is 5.97 Å². The second kappa shape index (κ2) is 9.50. The van der Waals surface area contributed by atoms with Crippen LogP contribution in [0.3, 0.4) is 0 Å². The maximum absolute atomic E-state index is 13.1. The number of aromatic nitrogens is 2. The predicted octanol–water partition coefficient (Wildman–Crippen LogP) is 3.27. The minimum atomic E-state index is -0.542. The van der Waals surface area contributed by atoms with Gasteiger partial charge in [0.15, 0.2) is 6.61 Å². The SMILES string of the molecule is Cc1cc(NC(=O)COC(=O)CCOc2ccccc2)n(-c2ccc(F)cc2)n1. The number of nitrogens with zero attached hydrogens (tertiary/aromatic N) is 2. The van der Waals surface area contributed by atoms with E-state index in [4.69, 9.17) is 9.47 Å². The number of amides is 1. The van der Waals surface area contributed by atoms with Gasteiger partial charge in [0, 0.05) is 6.07 Å². The Bertz CT molecular complexity index is 971. The number of aryl methyl sites for hydroxylation is 1. The molecule has 0 bridgehead atoms. The van der Waals surface area contributed by atoms with Crippen molar-refractivity contribution in [3.05, 3.63) is 72.2 Å². The summed E-state index contributed by atoms with van der Waals surface area (Å²) in [6.45, 7) is 1.49. The summed E-state index contributed by atoms with van der Waals surface area (Å²) in [7, 11) is 0. The number of rotatable bonds is 8. The van der Waals surface area contributed by atoms with E-state index in [1.165, 1.54) is 16.8 Å². The van der Waals surface area contributed by atoms with Gasteiger partial charge in [-0.3, -0.25) is 9.59 Å². The summed E-state index contributed by atoms with van der Waals surface area (Å²) in [6.07, 6.45) is 0.0226. The van der Waals surface area contributed by atoms with Crippen molar-refractivity contribution in [2.75, 3.05) is 18.5 Å². The highest BCUT2D eigenvalue weighted by atomic mass is 19.1. The molecular weight excluding hydrogens is 377 g/mol. The van der Waals surface area contributed by atoms with Gasteiger partial charge in [0.05, 0.1) is 24.4 Å². The molecule has 3 rings (SSSR count). The highest BCUT2D eigenvalue weighted by Gasteiger charge is 2.13. The molecule has 150 valence electrons. The lowest BCUT2D eigenvalue weighted by Gasteiger charge is -2.10. The third kappa shape index (κ3) is 5.90. The average Bonchev–Trinajstić information content (AvgIpc) is 3.08. The quantitative estimate of drug-likeness (QED) is 0.590. The number of halogens is 1. The first-order chi connectivity index (χ1) is 14.0. The molecule has 1 aromatic heterocycles. The average molecular weight is 397 g/mol. The molecule has 0 aliphatic heterocycles. The molecule has 8 heteroatoms. The van der Waals surface area contributed by atoms with Gasteiger partial charge in [0.2, 0.25) is 0 Å². The molecule has 0 fully saturated rings. The molecule has 1 N–H and O–H groups in total. The fourth-order valence-corrected chi connectivity index (χ4v) is 2.53. The molecule has 0 saturated heterocycles. The smallest absolute Gasteiger partial charge is 0.309 e. The van der Waals surface area contributed by atoms with Gasteiger partial charge in [0.1, 0.15) is 17.4 Å². The normalized spacial score (nSPS) is 10.4. The molecule has 2 aromatic carbocycles. The number of benzene rings is 2. The van der Waals surface area contributed by atoms with Crippen molar-refractivity contribution in [1.82, 2.24) is 9.78 Å². The minimum Gasteiger partial charge on any atom is -0.493 e. The van der Waals surface area contributed by atoms with Gasteiger partial charge in [0.25, 0.3) is 5.91 Å². The Morgan fingerprint density at radius 3 is 2.55 bits per heavy atom. The Hall–Kier alpha value is -3.68. The van der Waals surface area contributed by atoms with E-state index in [2.05, 4.69) is 10.4 Å². The van der Waals surface area contributed by atoms with Gasteiger partial charge in [-0.15, -0.1) is 0 Å². The van der Waals surface area contributed by atoms with Gasteiger partial charge in [-0.2, -0.15) is 5.10 Å². The van der Waals surface area contributed by atoms with Crippen LogP contribution in [0.5, 0.6) is 5.75 Å². The van der Waals surface area contributed by atoms with E-state index in [1.807, 2.05) is 18.2 Å². The summed E-state index contributed by atoms with van der Waals surface area (Å²) in [5.74, 6) is -0.374. The standard InChI is InChI=1S/C21H20FN3O4/c1-15-13-19(25(24-15)17-9-7-16(22)8-10-17)23-20(26)14-29-21(27)11-12-28-18-5-3-2-4-6-18/h2-10,13H,11-12,14H2,1H3,(H,23,26). The maximum atomic E-state index is 13.1. The van der Waals surface area contributed by atoms with Gasteiger partial charge in [-0.05, 0) is 43.3 Å². The third-order valence-corrected chi connectivity index (χ3v) is 3.85. The number of carbonyl (C=O) groups excluding carboxylic acids is 2. The highest BCUT2D eigenvalue weighted by Crippen LogP contribution is 2.17. The van der Waals surface area contributed by atoms with Crippen molar-refractivity contribution in [2.24, 2.45) is 0 Å². The van der Waals surface area contributed by atoms with Crippen LogP contribution in [-0.4, -0.2) is 34.9 Å². The van der Waals surface area contributed by atoms with E-state index in [0.29, 0.717) is 22.9 Å². The lowest BCUT2D eigenvalue weighted by Crippen LogP contribution is -2.23. The summed E-state index contributed by atoms with van der Waals surface area (Å²) in [5.41, 5.74) is 1.25. The first-order valence-corrected chi connectivity index (χ1v) is 8.97. The molecule has 3 aromatic rings. The Balaban J connectivity index is 1.48. The Kier molecular flexibility index (Phi) is 6.57. The van der Waals surface area contributed by atoms with Crippen LogP contribution in [-0.2, 0) is 14.3 Å². The largest absolute Gasteiger partial charge is 0.493 e. The number of carbonyl (C=O) groups is 2. The van der Waals surface area contributed by atoms with Crippen LogP contribution in [0.2, 0.25) is 0 Å². The first kappa shape index (κ1) is 20.1. The molecule has 0 radical (unpaired) electrons. The minimum absolute atomic E-state index is 0.0226. The van der Waals surface area contributed by atoms with Gasteiger partial charge in [-0.25, -0.2) is 9.07 Å². The van der Waals surface area contributed by atoms with Crippen LogP contribution < -0.4 is 10.1 Å². The van der Waals surface area contributed by atoms with E-state index in [0.717, 1.165) is 0 Å². The van der Waals surface area contributed by atoms with E-state index >= 15 is 0 Å². The van der Waals surface area contributed by atoms with Crippen molar-refractivity contribution in [3.8, 4) is 11.4 Å². The summed E-state index contributed by atoms with van der Waals surface area (Å²) in [5, 5.41) is 6.92. The number of para-hydroxylation sites is 1. The Morgan fingerprint density at radius 2 is 1.83 bits per heavy atom. The molecule has 0 aliphatic rings. The highest BCUT2D eigenvalue weighted by molar-refractivity contribution is 5.92. The van der Waals surface area contributed by atoms with E-state index in [9.17, 15) is 14.0 Å². The van der Waals surface area contributed by atoms with Crippen LogP contribution in [0.15, 0.2) is 60.7 Å². The number of hydrogen-bond donors (Lipinski definition) is 1. The lowest BCUT2D eigenvalue weighted by atomic mass is 10.3. The molecule has 0 spiro atoms. The summed E-state index contributed by atoms with van der Waals surface area (Å²) in [6, 6.07) is 16.5. The monoisotopic (exact) mass is 397 g/mol. The first-order valence-electron chi connectivity index (χ1n) is 8.97. The fourth-order valence-electron chi connectivity index (χ4n) is 2.53. The molecule has 29 heavy (non-hydrogen) atoms. The second-order valence-corrected chi connectivity index (χ2v) is 6.18. The van der Waals surface area contributed by atoms with Crippen molar-refractivity contribution >= 4 is 17.7 Å². The van der Waals surface area contributed by atoms with Crippen LogP contribution >= 0.6 is 0 Å². The number of ether oxygens (including phenoxy) is 2. The Labute approximate surface area is 167 Å². The molecule has 1 amide bonds. The zero-order valence-electron chi connectivity index (χ0n) is 15.8. The molecule has 0 saturated carbocycles. The number of hydrogen-bond acceptors (Lipinski definition) is 5. The molecule has 0 atom stereocenters. The Morgan fingerprint density at radius 1 is 1.10 bits per heavy atom. The van der Waals surface area contributed by atoms with Gasteiger partial charge < -0.3 is 14.8 Å². The summed E-state index contributed by atoms with van der Waals surface area (Å²) >= 11 is 0. The summed E-state index contributed by atoms with van der Waals surface area (Å²) in [4.78, 5) is 23.9. The third-order valence-electron chi connectivity index (χ3n) is 3.85. The molecule has 1 heterocycles. The van der Waals surface area contributed by atoms with E-state index < -0.39 is 18.5 Å².